The SMILES string of the molecule is COCc1cc(CN(C)[C@@H](C)Cc2cc(C)ccn2)ccc1OC. The summed E-state index contributed by atoms with van der Waals surface area (Å²) in [5, 5.41) is 0. The summed E-state index contributed by atoms with van der Waals surface area (Å²) in [5.74, 6) is 0.875. The maximum Gasteiger partial charge on any atom is 0.124 e. The van der Waals surface area contributed by atoms with Crippen molar-refractivity contribution in [3.8, 4) is 5.75 Å². The second-order valence-corrected chi connectivity index (χ2v) is 6.37. The summed E-state index contributed by atoms with van der Waals surface area (Å²) in [5.41, 5.74) is 4.74. The zero-order valence-corrected chi connectivity index (χ0v) is 15.4. The number of aromatic nitrogens is 1. The molecule has 0 unspecified atom stereocenters. The van der Waals surface area contributed by atoms with Crippen LogP contribution in [0, 0.1) is 6.92 Å². The number of likely N-dealkylation sites (N-methyl/N-ethyl adjacent to an activating group) is 1. The molecule has 0 amide bonds. The monoisotopic (exact) mass is 328 g/mol. The second kappa shape index (κ2) is 8.81. The summed E-state index contributed by atoms with van der Waals surface area (Å²) < 4.78 is 10.7. The molecular formula is C20H28N2O2. The van der Waals surface area contributed by atoms with Gasteiger partial charge >= 0.3 is 0 Å². The molecule has 0 aliphatic carbocycles. The van der Waals surface area contributed by atoms with Gasteiger partial charge in [-0.2, -0.15) is 0 Å². The highest BCUT2D eigenvalue weighted by atomic mass is 16.5. The lowest BCUT2D eigenvalue weighted by Gasteiger charge is -2.25. The quantitative estimate of drug-likeness (QED) is 0.741. The molecule has 0 bridgehead atoms. The minimum atomic E-state index is 0.410. The predicted octanol–water partition coefficient (Wildman–Crippen LogP) is 3.61. The van der Waals surface area contributed by atoms with Gasteiger partial charge in [-0.05, 0) is 56.3 Å². The number of methoxy groups -OCH3 is 2. The summed E-state index contributed by atoms with van der Waals surface area (Å²) in [6, 6.07) is 10.9. The minimum absolute atomic E-state index is 0.410. The number of hydrogen-bond acceptors (Lipinski definition) is 4. The lowest BCUT2D eigenvalue weighted by molar-refractivity contribution is 0.181. The first kappa shape index (κ1) is 18.4. The number of aryl methyl sites for hydroxylation is 1. The molecule has 4 heteroatoms. The van der Waals surface area contributed by atoms with Crippen LogP contribution in [-0.2, 0) is 24.3 Å². The Morgan fingerprint density at radius 3 is 2.62 bits per heavy atom. The van der Waals surface area contributed by atoms with E-state index in [1.54, 1.807) is 14.2 Å². The van der Waals surface area contributed by atoms with Crippen molar-refractivity contribution >= 4 is 0 Å². The fraction of sp³-hybridized carbons (Fsp3) is 0.450. The summed E-state index contributed by atoms with van der Waals surface area (Å²) in [6.07, 6.45) is 2.83. The van der Waals surface area contributed by atoms with Gasteiger partial charge in [0, 0.05) is 43.6 Å². The van der Waals surface area contributed by atoms with Crippen LogP contribution >= 0.6 is 0 Å². The maximum atomic E-state index is 5.39. The van der Waals surface area contributed by atoms with E-state index < -0.39 is 0 Å². The Balaban J connectivity index is 2.02. The fourth-order valence-electron chi connectivity index (χ4n) is 2.81. The van der Waals surface area contributed by atoms with Crippen molar-refractivity contribution in [2.45, 2.75) is 39.5 Å². The van der Waals surface area contributed by atoms with Crippen LogP contribution < -0.4 is 4.74 Å². The molecule has 2 rings (SSSR count). The van der Waals surface area contributed by atoms with Crippen molar-refractivity contribution < 1.29 is 9.47 Å². The van der Waals surface area contributed by atoms with E-state index in [0.717, 1.165) is 30.0 Å². The number of ether oxygens (including phenoxy) is 2. The van der Waals surface area contributed by atoms with Crippen molar-refractivity contribution in [2.75, 3.05) is 21.3 Å². The minimum Gasteiger partial charge on any atom is -0.496 e. The Morgan fingerprint density at radius 2 is 1.96 bits per heavy atom. The first-order chi connectivity index (χ1) is 11.5. The molecule has 0 N–H and O–H groups in total. The van der Waals surface area contributed by atoms with E-state index in [2.05, 4.69) is 49.0 Å². The Bertz CT molecular complexity index is 658. The lowest BCUT2D eigenvalue weighted by Crippen LogP contribution is -2.30. The number of nitrogens with zero attached hydrogens (tertiary/aromatic N) is 2. The molecule has 0 saturated heterocycles. The van der Waals surface area contributed by atoms with Crippen LogP contribution in [0.2, 0.25) is 0 Å². The number of rotatable bonds is 8. The molecule has 24 heavy (non-hydrogen) atoms. The van der Waals surface area contributed by atoms with Crippen LogP contribution in [0.4, 0.5) is 0 Å². The summed E-state index contributed by atoms with van der Waals surface area (Å²) in [7, 11) is 5.55. The van der Waals surface area contributed by atoms with E-state index in [1.807, 2.05) is 18.3 Å². The Morgan fingerprint density at radius 1 is 1.17 bits per heavy atom. The van der Waals surface area contributed by atoms with Crippen LogP contribution in [-0.4, -0.2) is 37.2 Å². The lowest BCUT2D eigenvalue weighted by atomic mass is 10.1. The highest BCUT2D eigenvalue weighted by Crippen LogP contribution is 2.22. The summed E-state index contributed by atoms with van der Waals surface area (Å²) in [6.45, 7) is 5.79. The third-order valence-corrected chi connectivity index (χ3v) is 4.31. The molecule has 0 saturated carbocycles. The Labute approximate surface area is 145 Å². The topological polar surface area (TPSA) is 34.6 Å². The molecule has 0 spiro atoms. The molecule has 1 aromatic carbocycles. The number of benzene rings is 1. The first-order valence-corrected chi connectivity index (χ1v) is 8.30. The Kier molecular flexibility index (Phi) is 6.76. The molecule has 0 radical (unpaired) electrons. The van der Waals surface area contributed by atoms with Gasteiger partial charge in [0.05, 0.1) is 13.7 Å². The molecule has 130 valence electrons. The van der Waals surface area contributed by atoms with Crippen LogP contribution in [0.1, 0.15) is 29.3 Å². The van der Waals surface area contributed by atoms with Gasteiger partial charge in [-0.25, -0.2) is 0 Å². The van der Waals surface area contributed by atoms with Crippen LogP contribution in [0.3, 0.4) is 0 Å². The Hall–Kier alpha value is -1.91. The third kappa shape index (κ3) is 5.05. The van der Waals surface area contributed by atoms with Gasteiger partial charge < -0.3 is 9.47 Å². The highest BCUT2D eigenvalue weighted by Gasteiger charge is 2.13. The molecule has 2 aromatic rings. The average Bonchev–Trinajstić information content (AvgIpc) is 2.55. The fourth-order valence-corrected chi connectivity index (χ4v) is 2.81. The van der Waals surface area contributed by atoms with E-state index in [1.165, 1.54) is 11.1 Å². The maximum absolute atomic E-state index is 5.39. The van der Waals surface area contributed by atoms with E-state index in [0.29, 0.717) is 12.6 Å². The normalized spacial score (nSPS) is 12.4. The van der Waals surface area contributed by atoms with E-state index in [-0.39, 0.29) is 0 Å². The zero-order chi connectivity index (χ0) is 17.5. The van der Waals surface area contributed by atoms with Crippen LogP contribution in [0.5, 0.6) is 5.75 Å². The highest BCUT2D eigenvalue weighted by molar-refractivity contribution is 5.37. The summed E-state index contributed by atoms with van der Waals surface area (Å²) >= 11 is 0. The average molecular weight is 328 g/mol. The van der Waals surface area contributed by atoms with Crippen molar-refractivity contribution in [1.82, 2.24) is 9.88 Å². The van der Waals surface area contributed by atoms with Crippen molar-refractivity contribution in [3.05, 3.63) is 58.9 Å². The van der Waals surface area contributed by atoms with E-state index >= 15 is 0 Å². The van der Waals surface area contributed by atoms with Gasteiger partial charge in [0.25, 0.3) is 0 Å². The van der Waals surface area contributed by atoms with Gasteiger partial charge in [0.2, 0.25) is 0 Å². The summed E-state index contributed by atoms with van der Waals surface area (Å²) in [4.78, 5) is 6.82. The molecule has 0 fully saturated rings. The zero-order valence-electron chi connectivity index (χ0n) is 15.4. The molecular weight excluding hydrogens is 300 g/mol. The molecule has 1 atom stereocenters. The number of hydrogen-bond donors (Lipinski definition) is 0. The van der Waals surface area contributed by atoms with Gasteiger partial charge in [-0.15, -0.1) is 0 Å². The number of pyridine rings is 1. The standard InChI is InChI=1S/C20H28N2O2/c1-15-8-9-21-19(10-15)11-16(2)22(3)13-17-6-7-20(24-5)18(12-17)14-23-4/h6-10,12,16H,11,13-14H2,1-5H3/t16-/m0/s1. The van der Waals surface area contributed by atoms with Crippen molar-refractivity contribution in [3.63, 3.8) is 0 Å². The van der Waals surface area contributed by atoms with Gasteiger partial charge in [-0.1, -0.05) is 6.07 Å². The smallest absolute Gasteiger partial charge is 0.124 e. The van der Waals surface area contributed by atoms with Gasteiger partial charge in [0.15, 0.2) is 0 Å². The van der Waals surface area contributed by atoms with Crippen molar-refractivity contribution in [2.24, 2.45) is 0 Å². The van der Waals surface area contributed by atoms with Crippen LogP contribution in [0.15, 0.2) is 36.5 Å². The first-order valence-electron chi connectivity index (χ1n) is 8.30. The van der Waals surface area contributed by atoms with E-state index in [4.69, 9.17) is 9.47 Å². The predicted molar refractivity (Wildman–Crippen MR) is 97.3 cm³/mol. The van der Waals surface area contributed by atoms with Gasteiger partial charge in [-0.3, -0.25) is 9.88 Å². The molecule has 1 heterocycles. The molecule has 0 aliphatic heterocycles. The molecule has 0 aliphatic rings. The second-order valence-electron chi connectivity index (χ2n) is 6.37. The third-order valence-electron chi connectivity index (χ3n) is 4.31. The largest absolute Gasteiger partial charge is 0.496 e. The molecule has 1 aromatic heterocycles. The van der Waals surface area contributed by atoms with Gasteiger partial charge in [0.1, 0.15) is 5.75 Å². The van der Waals surface area contributed by atoms with Crippen molar-refractivity contribution in [1.29, 1.82) is 0 Å². The van der Waals surface area contributed by atoms with Crippen LogP contribution in [0.25, 0.3) is 0 Å². The molecule has 4 nitrogen and oxygen atoms in total. The van der Waals surface area contributed by atoms with E-state index in [9.17, 15) is 0 Å².